The summed E-state index contributed by atoms with van der Waals surface area (Å²) in [5.74, 6) is -5.01. The lowest BCUT2D eigenvalue weighted by Crippen LogP contribution is -2.48. The lowest BCUT2D eigenvalue weighted by Gasteiger charge is -2.25. The smallest absolute Gasteiger partial charge is 0.194 e. The minimum atomic E-state index is -5.65. The number of allylic oxidation sites excluding steroid dienone is 2. The Morgan fingerprint density at radius 1 is 0.486 bits per heavy atom. The Morgan fingerprint density at radius 2 is 0.865 bits per heavy atom. The van der Waals surface area contributed by atoms with Crippen LogP contribution in [0, 0.1) is 23.7 Å². The first-order valence-corrected chi connectivity index (χ1v) is 12.6. The number of hydrogen-bond donors (Lipinski definition) is 0. The second-order valence-corrected chi connectivity index (χ2v) is 9.86. The van der Waals surface area contributed by atoms with E-state index < -0.39 is 40.0 Å². The molecule has 4 aromatic rings. The van der Waals surface area contributed by atoms with Gasteiger partial charge < -0.3 is 0 Å². The highest BCUT2D eigenvalue weighted by atomic mass is 32.1. The molecule has 0 unspecified atom stereocenters. The van der Waals surface area contributed by atoms with Crippen molar-refractivity contribution < 1.29 is 26.3 Å². The summed E-state index contributed by atoms with van der Waals surface area (Å²) in [4.78, 5) is -0.0339. The van der Waals surface area contributed by atoms with Crippen LogP contribution in [0.4, 0.5) is 26.3 Å². The van der Waals surface area contributed by atoms with Crippen molar-refractivity contribution in [2.24, 2.45) is 0 Å². The second kappa shape index (κ2) is 9.30. The molecule has 37 heavy (non-hydrogen) atoms. The molecule has 2 aromatic heterocycles. The van der Waals surface area contributed by atoms with Crippen molar-refractivity contribution in [2.75, 3.05) is 0 Å². The zero-order valence-electron chi connectivity index (χ0n) is 18.7. The predicted octanol–water partition coefficient (Wildman–Crippen LogP) is 8.44. The van der Waals surface area contributed by atoms with Gasteiger partial charge in [-0.2, -0.15) is 26.3 Å². The van der Waals surface area contributed by atoms with Crippen LogP contribution >= 0.6 is 22.7 Å². The summed E-state index contributed by atoms with van der Waals surface area (Å²) in [6, 6.07) is 19.4. The van der Waals surface area contributed by atoms with Gasteiger partial charge in [-0.15, -0.1) is 22.7 Å². The minimum Gasteiger partial charge on any atom is -0.194 e. The maximum absolute atomic E-state index is 15.2. The third-order valence-electron chi connectivity index (χ3n) is 5.72. The van der Waals surface area contributed by atoms with Gasteiger partial charge in [0.1, 0.15) is 0 Å². The largest absolute Gasteiger partial charge is 0.380 e. The lowest BCUT2D eigenvalue weighted by atomic mass is 9.95. The average Bonchev–Trinajstić information content (AvgIpc) is 3.56. The van der Waals surface area contributed by atoms with E-state index in [1.165, 1.54) is 10.8 Å². The average molecular weight is 541 g/mol. The SMILES string of the molecule is FC1(F)C(c2ccsc2C#Cc2ccccc2)=C(c2ccsc2C#Cc2ccccc2)C(F)(F)C1(F)F. The zero-order chi connectivity index (χ0) is 26.3. The topological polar surface area (TPSA) is 0 Å². The van der Waals surface area contributed by atoms with E-state index in [-0.39, 0.29) is 9.75 Å². The van der Waals surface area contributed by atoms with E-state index in [0.29, 0.717) is 11.1 Å². The van der Waals surface area contributed by atoms with Gasteiger partial charge in [0.25, 0.3) is 0 Å². The molecule has 0 N–H and O–H groups in total. The van der Waals surface area contributed by atoms with Crippen LogP contribution in [0.25, 0.3) is 11.1 Å². The molecule has 0 bridgehead atoms. The van der Waals surface area contributed by atoms with Crippen LogP contribution in [0.5, 0.6) is 0 Å². The molecule has 1 aliphatic carbocycles. The molecule has 0 amide bonds. The molecule has 0 saturated carbocycles. The molecule has 8 heteroatoms. The molecule has 2 heterocycles. The van der Waals surface area contributed by atoms with Crippen LogP contribution in [-0.2, 0) is 0 Å². The Kier molecular flexibility index (Phi) is 6.27. The highest BCUT2D eigenvalue weighted by Crippen LogP contribution is 2.65. The van der Waals surface area contributed by atoms with Gasteiger partial charge in [-0.25, -0.2) is 0 Å². The van der Waals surface area contributed by atoms with Gasteiger partial charge in [0.2, 0.25) is 0 Å². The van der Waals surface area contributed by atoms with E-state index in [4.69, 9.17) is 0 Å². The Balaban J connectivity index is 1.72. The molecule has 0 atom stereocenters. The number of halogens is 6. The van der Waals surface area contributed by atoms with Gasteiger partial charge in [0.05, 0.1) is 9.75 Å². The van der Waals surface area contributed by atoms with Crippen molar-refractivity contribution in [2.45, 2.75) is 17.8 Å². The predicted molar refractivity (Wildman–Crippen MR) is 135 cm³/mol. The van der Waals surface area contributed by atoms with E-state index in [1.807, 2.05) is 0 Å². The molecule has 0 aliphatic heterocycles. The zero-order valence-corrected chi connectivity index (χ0v) is 20.3. The lowest BCUT2D eigenvalue weighted by molar-refractivity contribution is -0.254. The van der Waals surface area contributed by atoms with Gasteiger partial charge in [-0.1, -0.05) is 60.1 Å². The van der Waals surface area contributed by atoms with Crippen LogP contribution in [0.1, 0.15) is 32.0 Å². The molecule has 1 aliphatic rings. The molecule has 0 radical (unpaired) electrons. The Bertz CT molecular complexity index is 1480. The van der Waals surface area contributed by atoms with Crippen LogP contribution in [0.3, 0.4) is 0 Å². The first kappa shape index (κ1) is 25.0. The number of rotatable bonds is 2. The van der Waals surface area contributed by atoms with Crippen molar-refractivity contribution >= 4 is 33.8 Å². The van der Waals surface area contributed by atoms with Crippen LogP contribution in [-0.4, -0.2) is 17.8 Å². The quantitative estimate of drug-likeness (QED) is 0.177. The van der Waals surface area contributed by atoms with E-state index >= 15 is 17.6 Å². The first-order chi connectivity index (χ1) is 17.6. The molecule has 0 saturated heterocycles. The van der Waals surface area contributed by atoms with Crippen molar-refractivity contribution in [3.05, 3.63) is 116 Å². The van der Waals surface area contributed by atoms with E-state index in [0.717, 1.165) is 34.8 Å². The number of hydrogen-bond acceptors (Lipinski definition) is 2. The molecule has 2 aromatic carbocycles. The van der Waals surface area contributed by atoms with Gasteiger partial charge in [-0.05, 0) is 47.2 Å². The number of benzene rings is 2. The Morgan fingerprint density at radius 3 is 1.24 bits per heavy atom. The standard InChI is InChI=1S/C29H14F6S2/c30-27(31)25(21-15-17-36-23(21)13-11-19-7-3-1-4-8-19)26(28(32,33)29(27,34)35)22-16-18-37-24(22)14-12-20-9-5-2-6-10-20/h1-10,15-18H. The van der Waals surface area contributed by atoms with E-state index in [2.05, 4.69) is 23.7 Å². The van der Waals surface area contributed by atoms with Gasteiger partial charge in [0.15, 0.2) is 0 Å². The van der Waals surface area contributed by atoms with Crippen LogP contribution < -0.4 is 0 Å². The van der Waals surface area contributed by atoms with Crippen molar-refractivity contribution in [3.8, 4) is 23.7 Å². The molecule has 0 fully saturated rings. The van der Waals surface area contributed by atoms with Crippen LogP contribution in [0.2, 0.25) is 0 Å². The Labute approximate surface area is 216 Å². The maximum atomic E-state index is 15.2. The first-order valence-electron chi connectivity index (χ1n) is 10.8. The normalized spacial score (nSPS) is 17.0. The molecular formula is C29H14F6S2. The highest BCUT2D eigenvalue weighted by Gasteiger charge is 2.80. The van der Waals surface area contributed by atoms with Gasteiger partial charge in [-0.3, -0.25) is 0 Å². The summed E-state index contributed by atoms with van der Waals surface area (Å²) in [5.41, 5.74) is -2.64. The molecule has 0 spiro atoms. The second-order valence-electron chi connectivity index (χ2n) is 8.03. The van der Waals surface area contributed by atoms with Gasteiger partial charge >= 0.3 is 17.8 Å². The van der Waals surface area contributed by atoms with Gasteiger partial charge in [0, 0.05) is 33.4 Å². The summed E-state index contributed by atoms with van der Waals surface area (Å²) >= 11 is 1.82. The fourth-order valence-electron chi connectivity index (χ4n) is 3.94. The summed E-state index contributed by atoms with van der Waals surface area (Å²) in [7, 11) is 0. The highest BCUT2D eigenvalue weighted by molar-refractivity contribution is 7.11. The number of thiophene rings is 2. The van der Waals surface area contributed by atoms with Crippen molar-refractivity contribution in [1.82, 2.24) is 0 Å². The van der Waals surface area contributed by atoms with Crippen molar-refractivity contribution in [1.29, 1.82) is 0 Å². The van der Waals surface area contributed by atoms with Crippen LogP contribution in [0.15, 0.2) is 83.6 Å². The minimum absolute atomic E-state index is 0.0170. The summed E-state index contributed by atoms with van der Waals surface area (Å²) in [5, 5.41) is 2.73. The third kappa shape index (κ3) is 4.17. The summed E-state index contributed by atoms with van der Waals surface area (Å²) in [6.07, 6.45) is 0. The van der Waals surface area contributed by atoms with E-state index in [9.17, 15) is 8.78 Å². The molecule has 184 valence electrons. The summed E-state index contributed by atoms with van der Waals surface area (Å²) in [6.45, 7) is 0. The van der Waals surface area contributed by atoms with Crippen molar-refractivity contribution in [3.63, 3.8) is 0 Å². The fourth-order valence-corrected chi connectivity index (χ4v) is 5.43. The molecular weight excluding hydrogens is 526 g/mol. The Hall–Kier alpha value is -3.72. The monoisotopic (exact) mass is 540 g/mol. The maximum Gasteiger partial charge on any atom is 0.380 e. The third-order valence-corrected chi connectivity index (χ3v) is 7.38. The molecule has 5 rings (SSSR count). The summed E-state index contributed by atoms with van der Waals surface area (Å²) < 4.78 is 90.5. The number of alkyl halides is 6. The van der Waals surface area contributed by atoms with E-state index in [1.54, 1.807) is 60.7 Å². The molecule has 0 nitrogen and oxygen atoms in total. The fraction of sp³-hybridized carbons (Fsp3) is 0.103.